The zero-order valence-electron chi connectivity index (χ0n) is 11.1. The summed E-state index contributed by atoms with van der Waals surface area (Å²) < 4.78 is 13.1. The summed E-state index contributed by atoms with van der Waals surface area (Å²) in [6, 6.07) is 3.93. The molecule has 1 heterocycles. The minimum Gasteiger partial charge on any atom is -0.325 e. The summed E-state index contributed by atoms with van der Waals surface area (Å²) in [6.07, 6.45) is 2.07. The quantitative estimate of drug-likeness (QED) is 0.876. The second-order valence-corrected chi connectivity index (χ2v) is 6.00. The van der Waals surface area contributed by atoms with Gasteiger partial charge in [-0.05, 0) is 43.0 Å². The zero-order valence-corrected chi connectivity index (χ0v) is 11.9. The molecule has 0 spiro atoms. The molecule has 1 aromatic rings. The minimum absolute atomic E-state index is 0.00802. The molecule has 5 heteroatoms. The maximum absolute atomic E-state index is 13.1. The molecular weight excluding hydrogens is 267 g/mol. The van der Waals surface area contributed by atoms with E-state index in [2.05, 4.69) is 24.5 Å². The first-order valence-corrected chi connectivity index (χ1v) is 6.77. The SMILES string of the molecule is CC1(C)CCCNC1C(=O)Nc1ccc(F)c(Cl)c1. The number of hydrogen-bond acceptors (Lipinski definition) is 2. The average molecular weight is 285 g/mol. The smallest absolute Gasteiger partial charge is 0.242 e. The zero-order chi connectivity index (χ0) is 14.0. The van der Waals surface area contributed by atoms with Crippen LogP contribution in [0.2, 0.25) is 5.02 Å². The highest BCUT2D eigenvalue weighted by molar-refractivity contribution is 6.31. The van der Waals surface area contributed by atoms with Gasteiger partial charge in [-0.1, -0.05) is 25.4 Å². The van der Waals surface area contributed by atoms with Crippen LogP contribution >= 0.6 is 11.6 Å². The standard InChI is InChI=1S/C14H18ClFN2O/c1-14(2)6-3-7-17-12(14)13(19)18-9-4-5-11(16)10(15)8-9/h4-5,8,12,17H,3,6-7H2,1-2H3,(H,18,19). The number of benzene rings is 1. The molecular formula is C14H18ClFN2O. The van der Waals surface area contributed by atoms with Gasteiger partial charge >= 0.3 is 0 Å². The molecule has 19 heavy (non-hydrogen) atoms. The fourth-order valence-electron chi connectivity index (χ4n) is 2.45. The number of carbonyl (C=O) groups is 1. The molecule has 1 amide bonds. The van der Waals surface area contributed by atoms with Crippen molar-refractivity contribution < 1.29 is 9.18 Å². The van der Waals surface area contributed by atoms with E-state index in [0.717, 1.165) is 19.4 Å². The fraction of sp³-hybridized carbons (Fsp3) is 0.500. The number of carbonyl (C=O) groups excluding carboxylic acids is 1. The lowest BCUT2D eigenvalue weighted by atomic mass is 9.77. The normalized spacial score (nSPS) is 22.0. The Morgan fingerprint density at radius 2 is 2.26 bits per heavy atom. The van der Waals surface area contributed by atoms with E-state index in [1.165, 1.54) is 18.2 Å². The first-order chi connectivity index (χ1) is 8.90. The first kappa shape index (κ1) is 14.3. The summed E-state index contributed by atoms with van der Waals surface area (Å²) in [4.78, 5) is 12.3. The summed E-state index contributed by atoms with van der Waals surface area (Å²) in [5.41, 5.74) is 0.422. The van der Waals surface area contributed by atoms with Gasteiger partial charge < -0.3 is 10.6 Å². The van der Waals surface area contributed by atoms with Crippen molar-refractivity contribution in [2.24, 2.45) is 5.41 Å². The van der Waals surface area contributed by atoms with Crippen molar-refractivity contribution in [1.82, 2.24) is 5.32 Å². The molecule has 1 aromatic carbocycles. The highest BCUT2D eigenvalue weighted by Gasteiger charge is 2.37. The Labute approximate surface area is 117 Å². The van der Waals surface area contributed by atoms with Crippen LogP contribution in [0.1, 0.15) is 26.7 Å². The third-order valence-electron chi connectivity index (χ3n) is 3.58. The molecule has 0 bridgehead atoms. The number of anilines is 1. The lowest BCUT2D eigenvalue weighted by molar-refractivity contribution is -0.121. The predicted molar refractivity (Wildman–Crippen MR) is 74.8 cm³/mol. The van der Waals surface area contributed by atoms with E-state index in [1.54, 1.807) is 0 Å². The maximum Gasteiger partial charge on any atom is 0.242 e. The van der Waals surface area contributed by atoms with E-state index >= 15 is 0 Å². The van der Waals surface area contributed by atoms with Gasteiger partial charge in [0.05, 0.1) is 11.1 Å². The summed E-state index contributed by atoms with van der Waals surface area (Å²) in [7, 11) is 0. The highest BCUT2D eigenvalue weighted by atomic mass is 35.5. The minimum atomic E-state index is -0.490. The molecule has 1 aliphatic rings. The number of halogens is 2. The molecule has 3 nitrogen and oxygen atoms in total. The van der Waals surface area contributed by atoms with E-state index in [9.17, 15) is 9.18 Å². The molecule has 0 aliphatic carbocycles. The third-order valence-corrected chi connectivity index (χ3v) is 3.87. The van der Waals surface area contributed by atoms with E-state index in [4.69, 9.17) is 11.6 Å². The molecule has 0 aromatic heterocycles. The van der Waals surface area contributed by atoms with Gasteiger partial charge in [0, 0.05) is 5.69 Å². The van der Waals surface area contributed by atoms with Crippen LogP contribution in [0.5, 0.6) is 0 Å². The van der Waals surface area contributed by atoms with Crippen molar-refractivity contribution >= 4 is 23.2 Å². The van der Waals surface area contributed by atoms with Crippen LogP contribution in [-0.4, -0.2) is 18.5 Å². The Morgan fingerprint density at radius 1 is 1.53 bits per heavy atom. The molecule has 1 fully saturated rings. The Morgan fingerprint density at radius 3 is 2.89 bits per heavy atom. The number of amides is 1. The second-order valence-electron chi connectivity index (χ2n) is 5.60. The van der Waals surface area contributed by atoms with Crippen LogP contribution in [0.15, 0.2) is 18.2 Å². The van der Waals surface area contributed by atoms with E-state index in [-0.39, 0.29) is 22.4 Å². The highest BCUT2D eigenvalue weighted by Crippen LogP contribution is 2.31. The first-order valence-electron chi connectivity index (χ1n) is 6.39. The molecule has 0 saturated carbocycles. The second kappa shape index (κ2) is 5.47. The Balaban J connectivity index is 2.09. The van der Waals surface area contributed by atoms with Crippen molar-refractivity contribution in [2.75, 3.05) is 11.9 Å². The topological polar surface area (TPSA) is 41.1 Å². The van der Waals surface area contributed by atoms with Crippen molar-refractivity contribution in [1.29, 1.82) is 0 Å². The maximum atomic E-state index is 13.1. The molecule has 0 radical (unpaired) electrons. The molecule has 2 rings (SSSR count). The van der Waals surface area contributed by atoms with Gasteiger partial charge in [-0.2, -0.15) is 0 Å². The summed E-state index contributed by atoms with van der Waals surface area (Å²) in [5, 5.41) is 6.03. The van der Waals surface area contributed by atoms with Crippen molar-refractivity contribution in [2.45, 2.75) is 32.7 Å². The van der Waals surface area contributed by atoms with Gasteiger partial charge in [-0.3, -0.25) is 4.79 Å². The Kier molecular flexibility index (Phi) is 4.11. The number of piperidine rings is 1. The third kappa shape index (κ3) is 3.25. The van der Waals surface area contributed by atoms with Crippen LogP contribution < -0.4 is 10.6 Å². The van der Waals surface area contributed by atoms with Crippen LogP contribution in [0.25, 0.3) is 0 Å². The van der Waals surface area contributed by atoms with Crippen molar-refractivity contribution in [3.8, 4) is 0 Å². The predicted octanol–water partition coefficient (Wildman–Crippen LogP) is 3.20. The number of nitrogens with one attached hydrogen (secondary N) is 2. The van der Waals surface area contributed by atoms with E-state index in [1.807, 2.05) is 0 Å². The summed E-state index contributed by atoms with van der Waals surface area (Å²) >= 11 is 5.70. The van der Waals surface area contributed by atoms with Crippen LogP contribution in [0, 0.1) is 11.2 Å². The largest absolute Gasteiger partial charge is 0.325 e. The van der Waals surface area contributed by atoms with Crippen LogP contribution in [0.3, 0.4) is 0 Å². The molecule has 1 aliphatic heterocycles. The molecule has 104 valence electrons. The molecule has 2 N–H and O–H groups in total. The van der Waals surface area contributed by atoms with Crippen molar-refractivity contribution in [3.63, 3.8) is 0 Å². The van der Waals surface area contributed by atoms with Crippen LogP contribution in [-0.2, 0) is 4.79 Å². The lowest BCUT2D eigenvalue weighted by Gasteiger charge is -2.38. The van der Waals surface area contributed by atoms with Gasteiger partial charge in [-0.15, -0.1) is 0 Å². The molecule has 1 atom stereocenters. The van der Waals surface area contributed by atoms with Gasteiger partial charge in [0.1, 0.15) is 5.82 Å². The lowest BCUT2D eigenvalue weighted by Crippen LogP contribution is -2.53. The Bertz CT molecular complexity index is 490. The molecule has 1 unspecified atom stereocenters. The Hall–Kier alpha value is -1.13. The van der Waals surface area contributed by atoms with Gasteiger partial charge in [0.15, 0.2) is 0 Å². The van der Waals surface area contributed by atoms with Gasteiger partial charge in [0.25, 0.3) is 0 Å². The molecule has 1 saturated heterocycles. The monoisotopic (exact) mass is 284 g/mol. The average Bonchev–Trinajstić information content (AvgIpc) is 2.33. The van der Waals surface area contributed by atoms with Crippen molar-refractivity contribution in [3.05, 3.63) is 29.0 Å². The fourth-order valence-corrected chi connectivity index (χ4v) is 2.63. The number of rotatable bonds is 2. The van der Waals surface area contributed by atoms with Gasteiger partial charge in [-0.25, -0.2) is 4.39 Å². The van der Waals surface area contributed by atoms with Crippen LogP contribution in [0.4, 0.5) is 10.1 Å². The van der Waals surface area contributed by atoms with E-state index in [0.29, 0.717) is 5.69 Å². The summed E-state index contributed by atoms with van der Waals surface area (Å²) in [6.45, 7) is 4.98. The van der Waals surface area contributed by atoms with E-state index < -0.39 is 5.82 Å². The summed E-state index contributed by atoms with van der Waals surface area (Å²) in [5.74, 6) is -0.594. The number of hydrogen-bond donors (Lipinski definition) is 2. The van der Waals surface area contributed by atoms with Gasteiger partial charge in [0.2, 0.25) is 5.91 Å².